The summed E-state index contributed by atoms with van der Waals surface area (Å²) >= 11 is 3.27. The Bertz CT molecular complexity index is 347. The lowest BCUT2D eigenvalue weighted by atomic mass is 10.3. The van der Waals surface area contributed by atoms with Crippen molar-refractivity contribution >= 4 is 21.9 Å². The Morgan fingerprint density at radius 3 is 2.79 bits per heavy atom. The van der Waals surface area contributed by atoms with Crippen molar-refractivity contribution in [3.8, 4) is 0 Å². The summed E-state index contributed by atoms with van der Waals surface area (Å²) in [7, 11) is 1.85. The van der Waals surface area contributed by atoms with E-state index in [1.54, 1.807) is 0 Å². The van der Waals surface area contributed by atoms with Crippen LogP contribution in [0.4, 0.5) is 0 Å². The fourth-order valence-corrected chi connectivity index (χ4v) is 1.94. The van der Waals surface area contributed by atoms with Crippen LogP contribution in [-0.2, 0) is 24.7 Å². The van der Waals surface area contributed by atoms with Crippen molar-refractivity contribution in [2.45, 2.75) is 26.2 Å². The molecule has 0 bridgehead atoms. The van der Waals surface area contributed by atoms with Gasteiger partial charge in [0.15, 0.2) is 0 Å². The molecule has 0 spiro atoms. The second-order valence-corrected chi connectivity index (χ2v) is 3.90. The highest BCUT2D eigenvalue weighted by molar-refractivity contribution is 9.10. The predicted molar refractivity (Wildman–Crippen MR) is 56.2 cm³/mol. The number of carbonyl (C=O) groups is 1. The van der Waals surface area contributed by atoms with E-state index in [-0.39, 0.29) is 6.42 Å². The molecule has 1 N–H and O–H groups in total. The third-order valence-corrected chi connectivity index (χ3v) is 2.68. The van der Waals surface area contributed by atoms with Crippen molar-refractivity contribution in [3.63, 3.8) is 0 Å². The van der Waals surface area contributed by atoms with Crippen LogP contribution in [-0.4, -0.2) is 20.6 Å². The molecule has 0 atom stereocenters. The second kappa shape index (κ2) is 4.59. The van der Waals surface area contributed by atoms with Gasteiger partial charge in [-0.25, -0.2) is 4.98 Å². The minimum Gasteiger partial charge on any atom is -0.481 e. The Hall–Kier alpha value is -0.840. The number of nitrogens with zero attached hydrogens (tertiary/aromatic N) is 2. The number of hydrogen-bond acceptors (Lipinski definition) is 2. The van der Waals surface area contributed by atoms with Crippen LogP contribution in [0.25, 0.3) is 0 Å². The molecular weight excluding hydrogens is 248 g/mol. The van der Waals surface area contributed by atoms with Crippen LogP contribution in [0.15, 0.2) is 4.60 Å². The molecule has 0 unspecified atom stereocenters. The molecule has 0 saturated carbocycles. The van der Waals surface area contributed by atoms with E-state index < -0.39 is 5.97 Å². The van der Waals surface area contributed by atoms with Crippen LogP contribution in [0.2, 0.25) is 0 Å². The van der Waals surface area contributed by atoms with Crippen LogP contribution >= 0.6 is 15.9 Å². The minimum absolute atomic E-state index is 0.00774. The molecule has 0 aromatic carbocycles. The van der Waals surface area contributed by atoms with Gasteiger partial charge in [-0.05, 0) is 22.4 Å². The van der Waals surface area contributed by atoms with Crippen molar-refractivity contribution in [1.29, 1.82) is 0 Å². The topological polar surface area (TPSA) is 55.1 Å². The number of hydrogen-bond donors (Lipinski definition) is 1. The van der Waals surface area contributed by atoms with Gasteiger partial charge in [0.2, 0.25) is 0 Å². The Balaban J connectivity index is 2.98. The number of imidazole rings is 1. The van der Waals surface area contributed by atoms with Crippen molar-refractivity contribution in [2.75, 3.05) is 0 Å². The van der Waals surface area contributed by atoms with E-state index in [2.05, 4.69) is 27.8 Å². The quantitative estimate of drug-likeness (QED) is 0.898. The molecule has 1 rings (SSSR count). The first-order valence-electron chi connectivity index (χ1n) is 4.48. The SMILES string of the molecule is CCCc1nc(Br)c(CC(=O)O)n1C. The minimum atomic E-state index is -0.836. The average Bonchev–Trinajstić information content (AvgIpc) is 2.33. The monoisotopic (exact) mass is 260 g/mol. The Labute approximate surface area is 91.1 Å². The maximum atomic E-state index is 10.6. The molecule has 0 aliphatic carbocycles. The highest BCUT2D eigenvalue weighted by Gasteiger charge is 2.14. The lowest BCUT2D eigenvalue weighted by Gasteiger charge is -2.02. The molecule has 0 radical (unpaired) electrons. The van der Waals surface area contributed by atoms with Crippen molar-refractivity contribution in [2.24, 2.45) is 7.05 Å². The number of halogens is 1. The molecular formula is C9H13BrN2O2. The van der Waals surface area contributed by atoms with Crippen molar-refractivity contribution < 1.29 is 9.90 Å². The van der Waals surface area contributed by atoms with Gasteiger partial charge >= 0.3 is 5.97 Å². The van der Waals surface area contributed by atoms with Gasteiger partial charge in [0.25, 0.3) is 0 Å². The zero-order valence-corrected chi connectivity index (χ0v) is 9.84. The zero-order valence-electron chi connectivity index (χ0n) is 8.25. The summed E-state index contributed by atoms with van der Waals surface area (Å²) in [6.07, 6.45) is 1.88. The molecule has 14 heavy (non-hydrogen) atoms. The number of carboxylic acids is 1. The summed E-state index contributed by atoms with van der Waals surface area (Å²) in [6.45, 7) is 2.07. The average molecular weight is 261 g/mol. The van der Waals surface area contributed by atoms with E-state index in [1.807, 2.05) is 11.6 Å². The van der Waals surface area contributed by atoms with E-state index in [1.165, 1.54) is 0 Å². The molecule has 0 aliphatic rings. The largest absolute Gasteiger partial charge is 0.481 e. The van der Waals surface area contributed by atoms with Gasteiger partial charge in [0, 0.05) is 13.5 Å². The number of rotatable bonds is 4. The molecule has 0 fully saturated rings. The summed E-state index contributed by atoms with van der Waals surface area (Å²) in [5.41, 5.74) is 0.723. The number of carboxylic acid groups (broad SMARTS) is 1. The van der Waals surface area contributed by atoms with E-state index in [0.717, 1.165) is 24.4 Å². The number of aryl methyl sites for hydroxylation is 1. The Kier molecular flexibility index (Phi) is 3.69. The fourth-order valence-electron chi connectivity index (χ4n) is 1.33. The zero-order chi connectivity index (χ0) is 10.7. The first-order chi connectivity index (χ1) is 6.56. The van der Waals surface area contributed by atoms with Crippen LogP contribution in [0, 0.1) is 0 Å². The Morgan fingerprint density at radius 2 is 2.29 bits per heavy atom. The van der Waals surface area contributed by atoms with Crippen molar-refractivity contribution in [3.05, 3.63) is 16.1 Å². The summed E-state index contributed by atoms with van der Waals surface area (Å²) in [4.78, 5) is 14.8. The summed E-state index contributed by atoms with van der Waals surface area (Å²) in [6, 6.07) is 0. The lowest BCUT2D eigenvalue weighted by Crippen LogP contribution is -2.07. The predicted octanol–water partition coefficient (Wildman–Crippen LogP) is 1.76. The van der Waals surface area contributed by atoms with Gasteiger partial charge in [-0.2, -0.15) is 0 Å². The van der Waals surface area contributed by atoms with Gasteiger partial charge in [0.1, 0.15) is 10.4 Å². The van der Waals surface area contributed by atoms with Crippen LogP contribution in [0.5, 0.6) is 0 Å². The lowest BCUT2D eigenvalue weighted by molar-refractivity contribution is -0.136. The van der Waals surface area contributed by atoms with Crippen LogP contribution < -0.4 is 0 Å². The van der Waals surface area contributed by atoms with Gasteiger partial charge < -0.3 is 9.67 Å². The maximum absolute atomic E-state index is 10.6. The smallest absolute Gasteiger partial charge is 0.309 e. The third kappa shape index (κ3) is 2.35. The third-order valence-electron chi connectivity index (χ3n) is 2.05. The maximum Gasteiger partial charge on any atom is 0.309 e. The standard InChI is InChI=1S/C9H13BrN2O2/c1-3-4-7-11-9(10)6(12(7)2)5-8(13)14/h3-5H2,1-2H3,(H,13,14). The van der Waals surface area contributed by atoms with Crippen LogP contribution in [0.3, 0.4) is 0 Å². The highest BCUT2D eigenvalue weighted by atomic mass is 79.9. The number of aromatic nitrogens is 2. The molecule has 0 amide bonds. The van der Waals surface area contributed by atoms with E-state index in [9.17, 15) is 4.79 Å². The van der Waals surface area contributed by atoms with Gasteiger partial charge in [-0.15, -0.1) is 0 Å². The van der Waals surface area contributed by atoms with E-state index >= 15 is 0 Å². The normalized spacial score (nSPS) is 10.5. The molecule has 0 aliphatic heterocycles. The molecule has 1 aromatic rings. The molecule has 1 heterocycles. The second-order valence-electron chi connectivity index (χ2n) is 3.15. The fraction of sp³-hybridized carbons (Fsp3) is 0.556. The molecule has 1 aromatic heterocycles. The van der Waals surface area contributed by atoms with Gasteiger partial charge in [-0.1, -0.05) is 6.92 Å². The number of aliphatic carboxylic acids is 1. The molecule has 0 saturated heterocycles. The van der Waals surface area contributed by atoms with E-state index in [0.29, 0.717) is 4.60 Å². The Morgan fingerprint density at radius 1 is 1.64 bits per heavy atom. The van der Waals surface area contributed by atoms with Gasteiger partial charge in [0.05, 0.1) is 12.1 Å². The van der Waals surface area contributed by atoms with E-state index in [4.69, 9.17) is 5.11 Å². The van der Waals surface area contributed by atoms with Gasteiger partial charge in [-0.3, -0.25) is 4.79 Å². The molecule has 4 nitrogen and oxygen atoms in total. The van der Waals surface area contributed by atoms with Crippen LogP contribution in [0.1, 0.15) is 24.9 Å². The molecule has 5 heteroatoms. The first kappa shape index (κ1) is 11.2. The summed E-state index contributed by atoms with van der Waals surface area (Å²) in [5, 5.41) is 8.69. The first-order valence-corrected chi connectivity index (χ1v) is 5.27. The highest BCUT2D eigenvalue weighted by Crippen LogP contribution is 2.18. The summed E-state index contributed by atoms with van der Waals surface area (Å²) < 4.78 is 2.49. The van der Waals surface area contributed by atoms with Crippen molar-refractivity contribution in [1.82, 2.24) is 9.55 Å². The summed E-state index contributed by atoms with van der Waals surface area (Å²) in [5.74, 6) is 0.0902. The molecule has 78 valence electrons.